The molecule has 1 fully saturated rings. The Morgan fingerprint density at radius 1 is 1.18 bits per heavy atom. The van der Waals surface area contributed by atoms with E-state index in [4.69, 9.17) is 14.6 Å². The van der Waals surface area contributed by atoms with E-state index in [1.165, 1.54) is 0 Å². The van der Waals surface area contributed by atoms with Gasteiger partial charge in [0.15, 0.2) is 17.2 Å². The zero-order valence-corrected chi connectivity index (χ0v) is 18.8. The first-order chi connectivity index (χ1) is 16.1. The number of halogens is 4. The number of alkyl halides is 3. The fourth-order valence-electron chi connectivity index (χ4n) is 3.74. The molecule has 0 aliphatic carbocycles. The maximum atomic E-state index is 14.4. The number of nitrogens with zero attached hydrogens (tertiary/aromatic N) is 3. The molecule has 12 heteroatoms. The number of carboxylic acids is 1. The molecule has 0 atom stereocenters. The number of piperidine rings is 1. The highest BCUT2D eigenvalue weighted by atomic mass is 19.4. The van der Waals surface area contributed by atoms with Crippen LogP contribution in [0, 0.1) is 5.82 Å². The van der Waals surface area contributed by atoms with Crippen LogP contribution in [0.2, 0.25) is 0 Å². The van der Waals surface area contributed by atoms with Gasteiger partial charge in [-0.15, -0.1) is 0 Å². The Morgan fingerprint density at radius 3 is 2.26 bits per heavy atom. The molecule has 0 saturated carbocycles. The van der Waals surface area contributed by atoms with Crippen LogP contribution in [0.3, 0.4) is 0 Å². The first-order valence-electron chi connectivity index (χ1n) is 10.9. The van der Waals surface area contributed by atoms with Crippen LogP contribution in [-0.2, 0) is 12.7 Å². The molecule has 2 N–H and O–H groups in total. The normalized spacial score (nSPS) is 15.2. The number of ether oxygens (including phenoxy) is 2. The number of hydrogen-bond acceptors (Lipinski definition) is 7. The molecule has 0 amide bonds. The zero-order chi connectivity index (χ0) is 24.9. The number of likely N-dealkylation sites (tertiary alicyclic amines) is 1. The zero-order valence-electron chi connectivity index (χ0n) is 18.8. The van der Waals surface area contributed by atoms with E-state index in [2.05, 4.69) is 20.2 Å². The van der Waals surface area contributed by atoms with Crippen molar-refractivity contribution in [3.8, 4) is 11.5 Å². The smallest absolute Gasteiger partial charge is 0.434 e. The van der Waals surface area contributed by atoms with Gasteiger partial charge in [-0.05, 0) is 44.4 Å². The van der Waals surface area contributed by atoms with Crippen molar-refractivity contribution in [2.45, 2.75) is 45.5 Å². The summed E-state index contributed by atoms with van der Waals surface area (Å²) in [5.74, 6) is -2.29. The molecule has 186 valence electrons. The van der Waals surface area contributed by atoms with Crippen LogP contribution in [0.1, 0.15) is 48.3 Å². The lowest BCUT2D eigenvalue weighted by atomic mass is 10.0. The third kappa shape index (κ3) is 6.25. The van der Waals surface area contributed by atoms with E-state index >= 15 is 0 Å². The van der Waals surface area contributed by atoms with Gasteiger partial charge in [-0.2, -0.15) is 17.6 Å². The number of aromatic carboxylic acids is 1. The van der Waals surface area contributed by atoms with Crippen LogP contribution in [0.25, 0.3) is 0 Å². The number of aromatic nitrogens is 2. The number of nitrogens with one attached hydrogen (secondary N) is 1. The molecule has 8 nitrogen and oxygen atoms in total. The highest BCUT2D eigenvalue weighted by molar-refractivity contribution is 5.88. The third-order valence-electron chi connectivity index (χ3n) is 5.28. The molecule has 1 saturated heterocycles. The minimum Gasteiger partial charge on any atom is -0.491 e. The molecule has 34 heavy (non-hydrogen) atoms. The molecule has 0 spiro atoms. The summed E-state index contributed by atoms with van der Waals surface area (Å²) in [7, 11) is 0. The van der Waals surface area contributed by atoms with Crippen molar-refractivity contribution in [3.05, 3.63) is 41.0 Å². The van der Waals surface area contributed by atoms with Crippen molar-refractivity contribution in [2.24, 2.45) is 0 Å². The standard InChI is InChI=1S/C22H26F4N4O4/c1-3-33-16-9-13(10-17(18(16)23)34-4-2)12-30-7-5-14(6-8-30)28-21-27-11-15(20(31)32)19(29-21)22(24,25)26/h9-11,14H,3-8,12H2,1-2H3,(H,31,32)(H,27,28,29). The second kappa shape index (κ2) is 10.9. The van der Waals surface area contributed by atoms with Gasteiger partial charge in [-0.1, -0.05) is 0 Å². The van der Waals surface area contributed by atoms with Crippen LogP contribution in [-0.4, -0.2) is 58.3 Å². The van der Waals surface area contributed by atoms with Gasteiger partial charge in [0, 0.05) is 31.9 Å². The maximum absolute atomic E-state index is 14.4. The second-order valence-electron chi connectivity index (χ2n) is 7.73. The quantitative estimate of drug-likeness (QED) is 0.509. The van der Waals surface area contributed by atoms with E-state index in [1.54, 1.807) is 26.0 Å². The molecule has 0 radical (unpaired) electrons. The molecular formula is C22H26F4N4O4. The molecule has 2 aromatic rings. The minimum absolute atomic E-state index is 0.127. The lowest BCUT2D eigenvalue weighted by Crippen LogP contribution is -2.39. The Bertz CT molecular complexity index is 984. The predicted octanol–water partition coefficient (Wildman–Crippen LogP) is 4.21. The summed E-state index contributed by atoms with van der Waals surface area (Å²) in [5, 5.41) is 11.8. The molecule has 1 aromatic carbocycles. The van der Waals surface area contributed by atoms with Gasteiger partial charge in [0.2, 0.25) is 11.8 Å². The Kier molecular flexibility index (Phi) is 8.13. The van der Waals surface area contributed by atoms with E-state index in [0.717, 1.165) is 5.56 Å². The number of carbonyl (C=O) groups is 1. The van der Waals surface area contributed by atoms with Crippen LogP contribution >= 0.6 is 0 Å². The number of rotatable bonds is 9. The maximum Gasteiger partial charge on any atom is 0.434 e. The van der Waals surface area contributed by atoms with E-state index in [-0.39, 0.29) is 23.5 Å². The first-order valence-corrected chi connectivity index (χ1v) is 10.9. The molecule has 0 unspecified atom stereocenters. The number of carboxylic acid groups (broad SMARTS) is 1. The Balaban J connectivity index is 1.64. The topological polar surface area (TPSA) is 96.8 Å². The van der Waals surface area contributed by atoms with E-state index in [9.17, 15) is 22.4 Å². The van der Waals surface area contributed by atoms with Gasteiger partial charge < -0.3 is 19.9 Å². The van der Waals surface area contributed by atoms with Gasteiger partial charge in [-0.25, -0.2) is 14.8 Å². The average molecular weight is 486 g/mol. The highest BCUT2D eigenvalue weighted by Gasteiger charge is 2.38. The number of hydrogen-bond donors (Lipinski definition) is 2. The van der Waals surface area contributed by atoms with Crippen LogP contribution in [0.4, 0.5) is 23.5 Å². The van der Waals surface area contributed by atoms with Gasteiger partial charge >= 0.3 is 12.1 Å². The van der Waals surface area contributed by atoms with Gasteiger partial charge in [0.1, 0.15) is 5.56 Å². The monoisotopic (exact) mass is 486 g/mol. The third-order valence-corrected chi connectivity index (χ3v) is 5.28. The van der Waals surface area contributed by atoms with Crippen molar-refractivity contribution in [3.63, 3.8) is 0 Å². The molecular weight excluding hydrogens is 460 g/mol. The van der Waals surface area contributed by atoms with Crippen molar-refractivity contribution in [1.29, 1.82) is 0 Å². The van der Waals surface area contributed by atoms with Crippen molar-refractivity contribution in [2.75, 3.05) is 31.6 Å². The summed E-state index contributed by atoms with van der Waals surface area (Å²) in [5.41, 5.74) is -1.66. The van der Waals surface area contributed by atoms with E-state index < -0.39 is 29.2 Å². The summed E-state index contributed by atoms with van der Waals surface area (Å²) < 4.78 is 64.7. The highest BCUT2D eigenvalue weighted by Crippen LogP contribution is 2.32. The fourth-order valence-corrected chi connectivity index (χ4v) is 3.74. The summed E-state index contributed by atoms with van der Waals surface area (Å²) in [6.07, 6.45) is -3.05. The lowest BCUT2D eigenvalue weighted by Gasteiger charge is -2.32. The molecule has 1 aliphatic heterocycles. The van der Waals surface area contributed by atoms with Gasteiger partial charge in [0.25, 0.3) is 0 Å². The number of anilines is 1. The van der Waals surface area contributed by atoms with Gasteiger partial charge in [0.05, 0.1) is 13.2 Å². The summed E-state index contributed by atoms with van der Waals surface area (Å²) >= 11 is 0. The Hall–Kier alpha value is -3.15. The largest absolute Gasteiger partial charge is 0.491 e. The van der Waals surface area contributed by atoms with Crippen LogP contribution in [0.5, 0.6) is 11.5 Å². The second-order valence-corrected chi connectivity index (χ2v) is 7.73. The fraction of sp³-hybridized carbons (Fsp3) is 0.500. The van der Waals surface area contributed by atoms with E-state index in [1.807, 2.05) is 0 Å². The summed E-state index contributed by atoms with van der Waals surface area (Å²) in [6, 6.07) is 3.10. The summed E-state index contributed by atoms with van der Waals surface area (Å²) in [4.78, 5) is 20.3. The predicted molar refractivity (Wildman–Crippen MR) is 115 cm³/mol. The van der Waals surface area contributed by atoms with Crippen molar-refractivity contribution >= 4 is 11.9 Å². The van der Waals surface area contributed by atoms with Crippen molar-refractivity contribution < 1.29 is 36.9 Å². The van der Waals surface area contributed by atoms with Gasteiger partial charge in [-0.3, -0.25) is 4.90 Å². The van der Waals surface area contributed by atoms with E-state index in [0.29, 0.717) is 51.9 Å². The molecule has 2 heterocycles. The van der Waals surface area contributed by atoms with Crippen LogP contribution in [0.15, 0.2) is 18.3 Å². The number of benzene rings is 1. The SMILES string of the molecule is CCOc1cc(CN2CCC(Nc3ncc(C(=O)O)c(C(F)(F)F)n3)CC2)cc(OCC)c1F. The van der Waals surface area contributed by atoms with Crippen LogP contribution < -0.4 is 14.8 Å². The van der Waals surface area contributed by atoms with Crippen molar-refractivity contribution in [1.82, 2.24) is 14.9 Å². The Labute approximate surface area is 193 Å². The summed E-state index contributed by atoms with van der Waals surface area (Å²) in [6.45, 7) is 5.94. The molecule has 0 bridgehead atoms. The minimum atomic E-state index is -4.91. The molecule has 3 rings (SSSR count). The molecule has 1 aromatic heterocycles. The molecule has 1 aliphatic rings. The average Bonchev–Trinajstić information content (AvgIpc) is 2.78. The lowest BCUT2D eigenvalue weighted by molar-refractivity contribution is -0.141. The Morgan fingerprint density at radius 2 is 1.76 bits per heavy atom. The first kappa shape index (κ1) is 25.5.